The van der Waals surface area contributed by atoms with Gasteiger partial charge in [0.1, 0.15) is 0 Å². The van der Waals surface area contributed by atoms with Crippen LogP contribution in [0.25, 0.3) is 0 Å². The van der Waals surface area contributed by atoms with E-state index in [0.29, 0.717) is 6.04 Å². The summed E-state index contributed by atoms with van der Waals surface area (Å²) < 4.78 is 1.17. The molecule has 17 heavy (non-hydrogen) atoms. The van der Waals surface area contributed by atoms with Crippen molar-refractivity contribution < 1.29 is 0 Å². The van der Waals surface area contributed by atoms with Crippen LogP contribution in [-0.4, -0.2) is 6.04 Å². The summed E-state index contributed by atoms with van der Waals surface area (Å²) in [5, 5.41) is 3.64. The van der Waals surface area contributed by atoms with Crippen LogP contribution in [0.1, 0.15) is 45.6 Å². The SMILES string of the molecule is CCC(C)CC(CC)Nc1ccc(C)cc1Br. The van der Waals surface area contributed by atoms with Crippen molar-refractivity contribution >= 4 is 21.6 Å². The molecule has 0 amide bonds. The van der Waals surface area contributed by atoms with E-state index >= 15 is 0 Å². The summed E-state index contributed by atoms with van der Waals surface area (Å²) in [6, 6.07) is 7.06. The second kappa shape index (κ2) is 7.05. The van der Waals surface area contributed by atoms with Gasteiger partial charge in [0.2, 0.25) is 0 Å². The molecule has 1 nitrogen and oxygen atoms in total. The molecule has 2 unspecified atom stereocenters. The zero-order valence-corrected chi connectivity index (χ0v) is 13.0. The minimum atomic E-state index is 0.573. The van der Waals surface area contributed by atoms with Gasteiger partial charge in [-0.1, -0.05) is 33.3 Å². The number of halogens is 1. The minimum Gasteiger partial charge on any atom is -0.381 e. The molecule has 96 valence electrons. The lowest BCUT2D eigenvalue weighted by molar-refractivity contribution is 0.461. The molecule has 0 aliphatic heterocycles. The van der Waals surface area contributed by atoms with Gasteiger partial charge < -0.3 is 5.32 Å². The molecule has 0 aromatic heterocycles. The van der Waals surface area contributed by atoms with Crippen LogP contribution in [0.5, 0.6) is 0 Å². The molecule has 1 aromatic rings. The lowest BCUT2D eigenvalue weighted by Gasteiger charge is -2.22. The van der Waals surface area contributed by atoms with Crippen LogP contribution in [0.4, 0.5) is 5.69 Å². The Bertz CT molecular complexity index is 349. The molecule has 0 aliphatic rings. The van der Waals surface area contributed by atoms with Gasteiger partial charge in [-0.15, -0.1) is 0 Å². The van der Waals surface area contributed by atoms with E-state index in [1.54, 1.807) is 0 Å². The standard InChI is InChI=1S/C15H24BrN/c1-5-11(3)9-13(6-2)17-15-8-7-12(4)10-14(15)16/h7-8,10-11,13,17H,5-6,9H2,1-4H3. The van der Waals surface area contributed by atoms with Gasteiger partial charge in [0.15, 0.2) is 0 Å². The first-order valence-electron chi connectivity index (χ1n) is 6.59. The Morgan fingerprint density at radius 1 is 1.24 bits per heavy atom. The van der Waals surface area contributed by atoms with Crippen molar-refractivity contribution in [3.05, 3.63) is 28.2 Å². The molecular weight excluding hydrogens is 274 g/mol. The van der Waals surface area contributed by atoms with E-state index in [1.165, 1.54) is 35.0 Å². The molecule has 1 N–H and O–H groups in total. The first kappa shape index (κ1) is 14.6. The van der Waals surface area contributed by atoms with Gasteiger partial charge in [0.25, 0.3) is 0 Å². The van der Waals surface area contributed by atoms with Crippen LogP contribution >= 0.6 is 15.9 Å². The summed E-state index contributed by atoms with van der Waals surface area (Å²) >= 11 is 3.63. The molecule has 0 fully saturated rings. The van der Waals surface area contributed by atoms with Crippen LogP contribution in [0.2, 0.25) is 0 Å². The second-order valence-corrected chi connectivity index (χ2v) is 5.84. The first-order valence-corrected chi connectivity index (χ1v) is 7.38. The fraction of sp³-hybridized carbons (Fsp3) is 0.600. The molecule has 0 bridgehead atoms. The van der Waals surface area contributed by atoms with Crippen LogP contribution in [0.3, 0.4) is 0 Å². The topological polar surface area (TPSA) is 12.0 Å². The molecule has 1 aromatic carbocycles. The summed E-state index contributed by atoms with van der Waals surface area (Å²) in [5.41, 5.74) is 2.50. The smallest absolute Gasteiger partial charge is 0.0486 e. The highest BCUT2D eigenvalue weighted by Crippen LogP contribution is 2.26. The van der Waals surface area contributed by atoms with Gasteiger partial charge in [-0.05, 0) is 59.3 Å². The maximum Gasteiger partial charge on any atom is 0.0486 e. The maximum absolute atomic E-state index is 3.64. The quantitative estimate of drug-likeness (QED) is 0.743. The third-order valence-electron chi connectivity index (χ3n) is 3.36. The molecule has 2 heteroatoms. The average molecular weight is 298 g/mol. The molecule has 0 aliphatic carbocycles. The van der Waals surface area contributed by atoms with Crippen molar-refractivity contribution in [3.63, 3.8) is 0 Å². The summed E-state index contributed by atoms with van der Waals surface area (Å²) in [5.74, 6) is 0.789. The number of nitrogens with one attached hydrogen (secondary N) is 1. The van der Waals surface area contributed by atoms with Crippen molar-refractivity contribution in [1.82, 2.24) is 0 Å². The van der Waals surface area contributed by atoms with Crippen molar-refractivity contribution in [3.8, 4) is 0 Å². The summed E-state index contributed by atoms with van der Waals surface area (Å²) in [7, 11) is 0. The fourth-order valence-corrected chi connectivity index (χ4v) is 2.54. The summed E-state index contributed by atoms with van der Waals surface area (Å²) in [4.78, 5) is 0. The lowest BCUT2D eigenvalue weighted by atomic mass is 9.97. The van der Waals surface area contributed by atoms with E-state index < -0.39 is 0 Å². The number of anilines is 1. The van der Waals surface area contributed by atoms with E-state index in [2.05, 4.69) is 67.1 Å². The second-order valence-electron chi connectivity index (χ2n) is 4.98. The van der Waals surface area contributed by atoms with Gasteiger partial charge in [-0.3, -0.25) is 0 Å². The molecule has 0 spiro atoms. The third-order valence-corrected chi connectivity index (χ3v) is 4.02. The van der Waals surface area contributed by atoms with Crippen molar-refractivity contribution in [2.75, 3.05) is 5.32 Å². The zero-order chi connectivity index (χ0) is 12.8. The Labute approximate surface area is 114 Å². The van der Waals surface area contributed by atoms with Gasteiger partial charge in [-0.25, -0.2) is 0 Å². The van der Waals surface area contributed by atoms with E-state index in [-0.39, 0.29) is 0 Å². The molecule has 0 saturated carbocycles. The maximum atomic E-state index is 3.64. The first-order chi connectivity index (χ1) is 8.06. The number of aryl methyl sites for hydroxylation is 1. The Hall–Kier alpha value is -0.500. The average Bonchev–Trinajstić information content (AvgIpc) is 2.31. The minimum absolute atomic E-state index is 0.573. The summed E-state index contributed by atoms with van der Waals surface area (Å²) in [6.45, 7) is 8.96. The molecule has 0 radical (unpaired) electrons. The Morgan fingerprint density at radius 2 is 1.94 bits per heavy atom. The van der Waals surface area contributed by atoms with Crippen LogP contribution in [0.15, 0.2) is 22.7 Å². The predicted octanol–water partition coefficient (Wildman–Crippen LogP) is 5.38. The van der Waals surface area contributed by atoms with Gasteiger partial charge >= 0.3 is 0 Å². The number of hydrogen-bond acceptors (Lipinski definition) is 1. The van der Waals surface area contributed by atoms with Gasteiger partial charge in [-0.2, -0.15) is 0 Å². The molecule has 0 saturated heterocycles. The van der Waals surface area contributed by atoms with E-state index in [1.807, 2.05) is 0 Å². The zero-order valence-electron chi connectivity index (χ0n) is 11.4. The fourth-order valence-electron chi connectivity index (χ4n) is 1.94. The van der Waals surface area contributed by atoms with E-state index in [4.69, 9.17) is 0 Å². The van der Waals surface area contributed by atoms with Crippen LogP contribution in [-0.2, 0) is 0 Å². The van der Waals surface area contributed by atoms with Crippen LogP contribution < -0.4 is 5.32 Å². The van der Waals surface area contributed by atoms with Gasteiger partial charge in [0.05, 0.1) is 0 Å². The van der Waals surface area contributed by atoms with Crippen LogP contribution in [0, 0.1) is 12.8 Å². The molecular formula is C15H24BrN. The molecule has 0 heterocycles. The van der Waals surface area contributed by atoms with E-state index in [9.17, 15) is 0 Å². The van der Waals surface area contributed by atoms with Gasteiger partial charge in [0, 0.05) is 16.2 Å². The number of benzene rings is 1. The van der Waals surface area contributed by atoms with Crippen molar-refractivity contribution in [2.24, 2.45) is 5.92 Å². The number of rotatable bonds is 6. The highest BCUT2D eigenvalue weighted by molar-refractivity contribution is 9.10. The van der Waals surface area contributed by atoms with Crippen molar-refractivity contribution in [2.45, 2.75) is 53.0 Å². The highest BCUT2D eigenvalue weighted by Gasteiger charge is 2.11. The largest absolute Gasteiger partial charge is 0.381 e. The normalized spacial score (nSPS) is 14.4. The lowest BCUT2D eigenvalue weighted by Crippen LogP contribution is -2.21. The molecule has 2 atom stereocenters. The number of hydrogen-bond donors (Lipinski definition) is 1. The Balaban J connectivity index is 2.67. The van der Waals surface area contributed by atoms with Crippen molar-refractivity contribution in [1.29, 1.82) is 0 Å². The predicted molar refractivity (Wildman–Crippen MR) is 80.7 cm³/mol. The monoisotopic (exact) mass is 297 g/mol. The van der Waals surface area contributed by atoms with E-state index in [0.717, 1.165) is 5.92 Å². The highest BCUT2D eigenvalue weighted by atomic mass is 79.9. The summed E-state index contributed by atoms with van der Waals surface area (Å²) in [6.07, 6.45) is 3.67. The third kappa shape index (κ3) is 4.71. The molecule has 1 rings (SSSR count). The Kier molecular flexibility index (Phi) is 6.04. The Morgan fingerprint density at radius 3 is 2.47 bits per heavy atom.